The number of nitrogens with one attached hydrogen (secondary N) is 1. The normalized spacial score (nSPS) is 11.2. The number of hydrogen-bond acceptors (Lipinski definition) is 5. The second-order valence-electron chi connectivity index (χ2n) is 5.20. The van der Waals surface area contributed by atoms with Gasteiger partial charge >= 0.3 is 6.18 Å². The number of benzene rings is 2. The molecule has 5 nitrogen and oxygen atoms in total. The third kappa shape index (κ3) is 3.85. The lowest BCUT2D eigenvalue weighted by Crippen LogP contribution is -2.15. The molecule has 1 heterocycles. The van der Waals surface area contributed by atoms with Crippen LogP contribution in [0.4, 0.5) is 36.3 Å². The number of halogens is 3. The van der Waals surface area contributed by atoms with Crippen LogP contribution in [0.2, 0.25) is 0 Å². The molecule has 0 saturated carbocycles. The van der Waals surface area contributed by atoms with Crippen LogP contribution >= 0.6 is 0 Å². The Labute approximate surface area is 142 Å². The number of nitrogens with zero attached hydrogens (tertiary/aromatic N) is 4. The number of rotatable bonds is 4. The highest BCUT2D eigenvalue weighted by atomic mass is 19.4. The molecule has 2 aromatic carbocycles. The first-order chi connectivity index (χ1) is 11.9. The molecule has 0 aliphatic rings. The van der Waals surface area contributed by atoms with E-state index in [1.54, 1.807) is 11.9 Å². The summed E-state index contributed by atoms with van der Waals surface area (Å²) in [6, 6.07) is 14.5. The first-order valence-electron chi connectivity index (χ1n) is 7.37. The van der Waals surface area contributed by atoms with Crippen molar-refractivity contribution in [3.8, 4) is 0 Å². The fourth-order valence-corrected chi connectivity index (χ4v) is 2.24. The van der Waals surface area contributed by atoms with Crippen molar-refractivity contribution in [2.75, 3.05) is 17.3 Å². The minimum atomic E-state index is -4.46. The molecular formula is C17H14F3N5. The van der Waals surface area contributed by atoms with E-state index in [9.17, 15) is 13.2 Å². The molecular weight excluding hydrogens is 331 g/mol. The predicted molar refractivity (Wildman–Crippen MR) is 89.1 cm³/mol. The van der Waals surface area contributed by atoms with Crippen molar-refractivity contribution >= 4 is 23.1 Å². The minimum Gasteiger partial charge on any atom is -0.338 e. The summed E-state index contributed by atoms with van der Waals surface area (Å²) in [5.74, 6) is 0.435. The van der Waals surface area contributed by atoms with E-state index in [4.69, 9.17) is 0 Å². The smallest absolute Gasteiger partial charge is 0.338 e. The molecule has 3 rings (SSSR count). The largest absolute Gasteiger partial charge is 0.418 e. The molecule has 0 spiro atoms. The van der Waals surface area contributed by atoms with E-state index < -0.39 is 11.7 Å². The highest BCUT2D eigenvalue weighted by molar-refractivity contribution is 5.63. The van der Waals surface area contributed by atoms with Crippen LogP contribution in [0.15, 0.2) is 60.8 Å². The van der Waals surface area contributed by atoms with Crippen LogP contribution in [-0.4, -0.2) is 22.2 Å². The van der Waals surface area contributed by atoms with Crippen molar-refractivity contribution in [3.05, 3.63) is 66.4 Å². The van der Waals surface area contributed by atoms with Crippen LogP contribution in [0, 0.1) is 0 Å². The van der Waals surface area contributed by atoms with Crippen LogP contribution in [0.25, 0.3) is 0 Å². The Bertz CT molecular complexity index is 852. The van der Waals surface area contributed by atoms with Crippen LogP contribution in [0.5, 0.6) is 0 Å². The van der Waals surface area contributed by atoms with E-state index in [0.29, 0.717) is 0 Å². The van der Waals surface area contributed by atoms with Gasteiger partial charge in [-0.25, -0.2) is 0 Å². The van der Waals surface area contributed by atoms with E-state index >= 15 is 0 Å². The zero-order chi connectivity index (χ0) is 17.9. The van der Waals surface area contributed by atoms with Gasteiger partial charge in [0.1, 0.15) is 0 Å². The first kappa shape index (κ1) is 16.7. The zero-order valence-corrected chi connectivity index (χ0v) is 13.2. The number of anilines is 4. The van der Waals surface area contributed by atoms with Crippen LogP contribution < -0.4 is 10.2 Å². The third-order valence-electron chi connectivity index (χ3n) is 3.49. The Morgan fingerprint density at radius 3 is 2.36 bits per heavy atom. The average Bonchev–Trinajstić information content (AvgIpc) is 2.62. The molecule has 0 aliphatic carbocycles. The Balaban J connectivity index is 1.89. The van der Waals surface area contributed by atoms with Gasteiger partial charge in [-0.2, -0.15) is 23.3 Å². The summed E-state index contributed by atoms with van der Waals surface area (Å²) in [4.78, 5) is 5.93. The molecule has 3 aromatic rings. The van der Waals surface area contributed by atoms with E-state index in [1.807, 2.05) is 30.3 Å². The summed E-state index contributed by atoms with van der Waals surface area (Å²) in [7, 11) is 1.75. The maximum absolute atomic E-state index is 13.1. The molecule has 0 bridgehead atoms. The van der Waals surface area contributed by atoms with E-state index in [1.165, 1.54) is 24.4 Å². The summed E-state index contributed by atoms with van der Waals surface area (Å²) in [5, 5.41) is 10.4. The van der Waals surface area contributed by atoms with Gasteiger partial charge in [-0.1, -0.05) is 30.3 Å². The van der Waals surface area contributed by atoms with E-state index in [-0.39, 0.29) is 17.5 Å². The SMILES string of the molecule is CN(c1ccccc1)c1nncc(Nc2ccccc2C(F)(F)F)n1. The van der Waals surface area contributed by atoms with Crippen LogP contribution in [-0.2, 0) is 6.18 Å². The number of aromatic nitrogens is 3. The summed E-state index contributed by atoms with van der Waals surface area (Å²) in [6.07, 6.45) is -3.19. The van der Waals surface area contributed by atoms with Gasteiger partial charge in [0, 0.05) is 12.7 Å². The molecule has 0 saturated heterocycles. The first-order valence-corrected chi connectivity index (χ1v) is 7.37. The quantitative estimate of drug-likeness (QED) is 0.759. The van der Waals surface area contributed by atoms with Crippen LogP contribution in [0.3, 0.4) is 0 Å². The number of hydrogen-bond donors (Lipinski definition) is 1. The minimum absolute atomic E-state index is 0.0937. The predicted octanol–water partition coefficient (Wildman–Crippen LogP) is 4.40. The summed E-state index contributed by atoms with van der Waals surface area (Å²) < 4.78 is 39.3. The van der Waals surface area contributed by atoms with Crippen molar-refractivity contribution < 1.29 is 13.2 Å². The van der Waals surface area contributed by atoms with Gasteiger partial charge in [0.05, 0.1) is 17.4 Å². The number of para-hydroxylation sites is 2. The van der Waals surface area contributed by atoms with Gasteiger partial charge < -0.3 is 10.2 Å². The molecule has 1 aromatic heterocycles. The maximum atomic E-state index is 13.1. The van der Waals surface area contributed by atoms with Gasteiger partial charge in [0.2, 0.25) is 0 Å². The molecule has 1 N–H and O–H groups in total. The van der Waals surface area contributed by atoms with Crippen molar-refractivity contribution in [1.82, 2.24) is 15.2 Å². The van der Waals surface area contributed by atoms with Gasteiger partial charge in [-0.15, -0.1) is 5.10 Å². The van der Waals surface area contributed by atoms with Crippen molar-refractivity contribution in [3.63, 3.8) is 0 Å². The Hall–Kier alpha value is -3.16. The molecule has 0 fully saturated rings. The summed E-state index contributed by atoms with van der Waals surface area (Å²) in [6.45, 7) is 0. The van der Waals surface area contributed by atoms with Gasteiger partial charge in [0.25, 0.3) is 5.95 Å². The topological polar surface area (TPSA) is 53.9 Å². The lowest BCUT2D eigenvalue weighted by Gasteiger charge is -2.18. The average molecular weight is 345 g/mol. The fraction of sp³-hybridized carbons (Fsp3) is 0.118. The van der Waals surface area contributed by atoms with Gasteiger partial charge in [0.15, 0.2) is 5.82 Å². The number of alkyl halides is 3. The molecule has 0 radical (unpaired) electrons. The van der Waals surface area contributed by atoms with Gasteiger partial charge in [-0.05, 0) is 24.3 Å². The molecule has 0 amide bonds. The van der Waals surface area contributed by atoms with Gasteiger partial charge in [-0.3, -0.25) is 0 Å². The molecule has 8 heteroatoms. The highest BCUT2D eigenvalue weighted by Crippen LogP contribution is 2.35. The molecule has 0 unspecified atom stereocenters. The molecule has 128 valence electrons. The second kappa shape index (κ2) is 6.76. The lowest BCUT2D eigenvalue weighted by atomic mass is 10.1. The summed E-state index contributed by atoms with van der Waals surface area (Å²) in [5.41, 5.74) is -0.0347. The Kier molecular flexibility index (Phi) is 4.51. The van der Waals surface area contributed by atoms with E-state index in [2.05, 4.69) is 20.5 Å². The second-order valence-corrected chi connectivity index (χ2v) is 5.20. The van der Waals surface area contributed by atoms with Crippen molar-refractivity contribution in [2.24, 2.45) is 0 Å². The van der Waals surface area contributed by atoms with Crippen LogP contribution in [0.1, 0.15) is 5.56 Å². The standard InChI is InChI=1S/C17H14F3N5/c1-25(12-7-3-2-4-8-12)16-23-15(11-21-24-16)22-14-10-6-5-9-13(14)17(18,19)20/h2-11H,1H3,(H,22,23,24). The van der Waals surface area contributed by atoms with E-state index in [0.717, 1.165) is 11.8 Å². The monoisotopic (exact) mass is 345 g/mol. The lowest BCUT2D eigenvalue weighted by molar-refractivity contribution is -0.136. The maximum Gasteiger partial charge on any atom is 0.418 e. The van der Waals surface area contributed by atoms with Crippen molar-refractivity contribution in [2.45, 2.75) is 6.18 Å². The van der Waals surface area contributed by atoms with Crippen molar-refractivity contribution in [1.29, 1.82) is 0 Å². The summed E-state index contributed by atoms with van der Waals surface area (Å²) >= 11 is 0. The fourth-order valence-electron chi connectivity index (χ4n) is 2.24. The molecule has 0 aliphatic heterocycles. The molecule has 25 heavy (non-hydrogen) atoms. The zero-order valence-electron chi connectivity index (χ0n) is 13.2. The molecule has 0 atom stereocenters. The Morgan fingerprint density at radius 2 is 1.64 bits per heavy atom. The Morgan fingerprint density at radius 1 is 0.960 bits per heavy atom. The third-order valence-corrected chi connectivity index (χ3v) is 3.49. The highest BCUT2D eigenvalue weighted by Gasteiger charge is 2.33.